The van der Waals surface area contributed by atoms with Crippen molar-refractivity contribution in [1.82, 2.24) is 10.2 Å². The lowest BCUT2D eigenvalue weighted by atomic mass is 9.96. The normalized spacial score (nSPS) is 17.6. The van der Waals surface area contributed by atoms with Gasteiger partial charge in [-0.25, -0.2) is 4.39 Å². The fraction of sp³-hybridized carbons (Fsp3) is 0.467. The Bertz CT molecular complexity index is 417. The third-order valence-corrected chi connectivity index (χ3v) is 3.57. The molecule has 0 spiro atoms. The van der Waals surface area contributed by atoms with Gasteiger partial charge in [-0.1, -0.05) is 12.1 Å². The number of aryl methyl sites for hydroxylation is 1. The van der Waals surface area contributed by atoms with Crippen LogP contribution in [0.3, 0.4) is 0 Å². The summed E-state index contributed by atoms with van der Waals surface area (Å²) in [5, 5.41) is 3.36. The van der Waals surface area contributed by atoms with Crippen molar-refractivity contribution in [2.75, 3.05) is 26.2 Å². The maximum atomic E-state index is 13.2. The Kier molecular flexibility index (Phi) is 6.49. The van der Waals surface area contributed by atoms with Crippen LogP contribution < -0.4 is 5.32 Å². The average molecular weight is 285 g/mol. The van der Waals surface area contributed by atoms with Gasteiger partial charge < -0.3 is 5.32 Å². The quantitative estimate of drug-likeness (QED) is 0.855. The van der Waals surface area contributed by atoms with Crippen molar-refractivity contribution in [1.29, 1.82) is 0 Å². The fourth-order valence-electron chi connectivity index (χ4n) is 2.64. The van der Waals surface area contributed by atoms with Crippen molar-refractivity contribution >= 4 is 12.4 Å². The monoisotopic (exact) mass is 284 g/mol. The average Bonchev–Trinajstić information content (AvgIpc) is 2.38. The molecule has 0 unspecified atom stereocenters. The molecule has 0 radical (unpaired) electrons. The minimum Gasteiger partial charge on any atom is -0.314 e. The first-order chi connectivity index (χ1) is 8.72. The molecule has 1 fully saturated rings. The number of nitrogens with one attached hydrogen (secondary N) is 1. The van der Waals surface area contributed by atoms with Gasteiger partial charge in [-0.15, -0.1) is 19.0 Å². The molecule has 4 heteroatoms. The number of hydrogen-bond donors (Lipinski definition) is 1. The highest BCUT2D eigenvalue weighted by molar-refractivity contribution is 5.85. The Morgan fingerprint density at radius 2 is 2.11 bits per heavy atom. The van der Waals surface area contributed by atoms with Crippen molar-refractivity contribution in [3.63, 3.8) is 0 Å². The molecule has 1 aliphatic heterocycles. The van der Waals surface area contributed by atoms with E-state index in [1.54, 1.807) is 12.1 Å². The van der Waals surface area contributed by atoms with Crippen LogP contribution in [0, 0.1) is 12.7 Å². The molecule has 1 aliphatic rings. The zero-order valence-electron chi connectivity index (χ0n) is 11.4. The standard InChI is InChI=1S/C15H21FN2.ClH/c1-3-4-15(18-9-7-17-8-10-18)14-6-5-13(16)11-12(14)2;/h3,5-6,11,15,17H,1,4,7-10H2,2H3;1H/t15-;/m0./s1. The molecule has 2 nitrogen and oxygen atoms in total. The van der Waals surface area contributed by atoms with Gasteiger partial charge in [0.15, 0.2) is 0 Å². The molecule has 1 aromatic rings. The zero-order valence-corrected chi connectivity index (χ0v) is 12.2. The minimum atomic E-state index is -0.158. The molecular weight excluding hydrogens is 263 g/mol. The summed E-state index contributed by atoms with van der Waals surface area (Å²) >= 11 is 0. The molecule has 1 saturated heterocycles. The molecule has 2 rings (SSSR count). The number of halogens is 2. The number of benzene rings is 1. The van der Waals surface area contributed by atoms with Crippen molar-refractivity contribution < 1.29 is 4.39 Å². The second-order valence-electron chi connectivity index (χ2n) is 4.83. The van der Waals surface area contributed by atoms with E-state index in [2.05, 4.69) is 16.8 Å². The predicted molar refractivity (Wildman–Crippen MR) is 80.4 cm³/mol. The minimum absolute atomic E-state index is 0. The topological polar surface area (TPSA) is 15.3 Å². The van der Waals surface area contributed by atoms with Crippen LogP contribution in [0.5, 0.6) is 0 Å². The smallest absolute Gasteiger partial charge is 0.123 e. The number of rotatable bonds is 4. The lowest BCUT2D eigenvalue weighted by Crippen LogP contribution is -2.45. The maximum absolute atomic E-state index is 13.2. The summed E-state index contributed by atoms with van der Waals surface area (Å²) in [5.74, 6) is -0.158. The summed E-state index contributed by atoms with van der Waals surface area (Å²) in [6, 6.07) is 5.42. The number of piperazine rings is 1. The Hall–Kier alpha value is -0.900. The van der Waals surface area contributed by atoms with E-state index in [9.17, 15) is 4.39 Å². The predicted octanol–water partition coefficient (Wildman–Crippen LogP) is 3.08. The van der Waals surface area contributed by atoms with Crippen LogP contribution in [0.2, 0.25) is 0 Å². The van der Waals surface area contributed by atoms with E-state index in [0.29, 0.717) is 6.04 Å². The van der Waals surface area contributed by atoms with E-state index in [-0.39, 0.29) is 18.2 Å². The SMILES string of the molecule is C=CC[C@@H](c1ccc(F)cc1C)N1CCNCC1.Cl. The van der Waals surface area contributed by atoms with E-state index >= 15 is 0 Å². The van der Waals surface area contributed by atoms with Crippen molar-refractivity contribution in [2.45, 2.75) is 19.4 Å². The third-order valence-electron chi connectivity index (χ3n) is 3.57. The van der Waals surface area contributed by atoms with Gasteiger partial charge in [0.2, 0.25) is 0 Å². The first kappa shape index (κ1) is 16.2. The van der Waals surface area contributed by atoms with Crippen LogP contribution in [0.4, 0.5) is 4.39 Å². The molecule has 0 saturated carbocycles. The van der Waals surface area contributed by atoms with Gasteiger partial charge in [-0.3, -0.25) is 4.90 Å². The van der Waals surface area contributed by atoms with Crippen LogP contribution in [-0.2, 0) is 0 Å². The summed E-state index contributed by atoms with van der Waals surface area (Å²) in [6.07, 6.45) is 2.86. The maximum Gasteiger partial charge on any atom is 0.123 e. The molecule has 0 amide bonds. The molecule has 0 aliphatic carbocycles. The second-order valence-corrected chi connectivity index (χ2v) is 4.83. The molecule has 0 aromatic heterocycles. The lowest BCUT2D eigenvalue weighted by molar-refractivity contribution is 0.174. The first-order valence-corrected chi connectivity index (χ1v) is 6.54. The van der Waals surface area contributed by atoms with Crippen molar-refractivity contribution in [3.8, 4) is 0 Å². The highest BCUT2D eigenvalue weighted by atomic mass is 35.5. The first-order valence-electron chi connectivity index (χ1n) is 6.54. The largest absolute Gasteiger partial charge is 0.314 e. The van der Waals surface area contributed by atoms with E-state index in [0.717, 1.165) is 38.2 Å². The van der Waals surface area contributed by atoms with Crippen LogP contribution in [0.25, 0.3) is 0 Å². The highest BCUT2D eigenvalue weighted by Crippen LogP contribution is 2.28. The van der Waals surface area contributed by atoms with Gasteiger partial charge in [0, 0.05) is 32.2 Å². The summed E-state index contributed by atoms with van der Waals surface area (Å²) in [6.45, 7) is 9.95. The van der Waals surface area contributed by atoms with E-state index in [4.69, 9.17) is 0 Å². The molecule has 1 atom stereocenters. The van der Waals surface area contributed by atoms with Crippen molar-refractivity contribution in [3.05, 3.63) is 47.8 Å². The summed E-state index contributed by atoms with van der Waals surface area (Å²) in [7, 11) is 0. The fourth-order valence-corrected chi connectivity index (χ4v) is 2.64. The molecular formula is C15H22ClFN2. The van der Waals surface area contributed by atoms with Crippen LogP contribution in [-0.4, -0.2) is 31.1 Å². The van der Waals surface area contributed by atoms with Gasteiger partial charge in [0.1, 0.15) is 5.82 Å². The summed E-state index contributed by atoms with van der Waals surface area (Å²) in [4.78, 5) is 2.46. The van der Waals surface area contributed by atoms with Gasteiger partial charge in [-0.2, -0.15) is 0 Å². The van der Waals surface area contributed by atoms with E-state index in [1.165, 1.54) is 5.56 Å². The van der Waals surface area contributed by atoms with Crippen LogP contribution in [0.1, 0.15) is 23.6 Å². The number of nitrogens with zero attached hydrogens (tertiary/aromatic N) is 1. The summed E-state index contributed by atoms with van der Waals surface area (Å²) in [5.41, 5.74) is 2.25. The zero-order chi connectivity index (χ0) is 13.0. The highest BCUT2D eigenvalue weighted by Gasteiger charge is 2.22. The molecule has 1 heterocycles. The molecule has 0 bridgehead atoms. The lowest BCUT2D eigenvalue weighted by Gasteiger charge is -2.35. The molecule has 19 heavy (non-hydrogen) atoms. The van der Waals surface area contributed by atoms with E-state index < -0.39 is 0 Å². The molecule has 1 N–H and O–H groups in total. The van der Waals surface area contributed by atoms with Gasteiger partial charge in [0.05, 0.1) is 0 Å². The van der Waals surface area contributed by atoms with E-state index in [1.807, 2.05) is 19.1 Å². The Labute approximate surface area is 121 Å². The summed E-state index contributed by atoms with van der Waals surface area (Å²) < 4.78 is 13.2. The number of hydrogen-bond acceptors (Lipinski definition) is 2. The Morgan fingerprint density at radius 1 is 1.42 bits per heavy atom. The Morgan fingerprint density at radius 3 is 2.68 bits per heavy atom. The molecule has 106 valence electrons. The van der Waals surface area contributed by atoms with Crippen molar-refractivity contribution in [2.24, 2.45) is 0 Å². The van der Waals surface area contributed by atoms with Gasteiger partial charge >= 0.3 is 0 Å². The van der Waals surface area contributed by atoms with Crippen LogP contribution >= 0.6 is 12.4 Å². The second kappa shape index (κ2) is 7.63. The molecule has 1 aromatic carbocycles. The van der Waals surface area contributed by atoms with Crippen LogP contribution in [0.15, 0.2) is 30.9 Å². The van der Waals surface area contributed by atoms with Gasteiger partial charge in [-0.05, 0) is 36.6 Å². The van der Waals surface area contributed by atoms with Gasteiger partial charge in [0.25, 0.3) is 0 Å². The Balaban J connectivity index is 0.00000180. The third kappa shape index (κ3) is 4.03.